The lowest BCUT2D eigenvalue weighted by Crippen LogP contribution is -2.06. The highest BCUT2D eigenvalue weighted by Gasteiger charge is 2.18. The summed E-state index contributed by atoms with van der Waals surface area (Å²) in [6.07, 6.45) is 0. The van der Waals surface area contributed by atoms with Crippen molar-refractivity contribution in [2.24, 2.45) is 0 Å². The zero-order valence-corrected chi connectivity index (χ0v) is 14.7. The van der Waals surface area contributed by atoms with Crippen LogP contribution >= 0.6 is 11.6 Å². The van der Waals surface area contributed by atoms with Gasteiger partial charge in [0, 0.05) is 22.9 Å². The molecule has 27 heavy (non-hydrogen) atoms. The van der Waals surface area contributed by atoms with Crippen molar-refractivity contribution in [3.8, 4) is 28.6 Å². The Bertz CT molecular complexity index is 1210. The average Bonchev–Trinajstić information content (AvgIpc) is 3.12. The van der Waals surface area contributed by atoms with E-state index in [4.69, 9.17) is 25.3 Å². The van der Waals surface area contributed by atoms with Gasteiger partial charge in [-0.2, -0.15) is 4.98 Å². The van der Waals surface area contributed by atoms with Gasteiger partial charge in [0.1, 0.15) is 5.56 Å². The van der Waals surface area contributed by atoms with Crippen molar-refractivity contribution in [1.29, 1.82) is 0 Å². The molecule has 2 aromatic heterocycles. The summed E-state index contributed by atoms with van der Waals surface area (Å²) in [7, 11) is 0. The van der Waals surface area contributed by atoms with Crippen LogP contribution in [0.5, 0.6) is 5.75 Å². The predicted molar refractivity (Wildman–Crippen MR) is 97.5 cm³/mol. The number of carbonyl (C=O) groups excluding carboxylic acids is 1. The minimum Gasteiger partial charge on any atom is -0.423 e. The molecule has 0 aliphatic heterocycles. The smallest absolute Gasteiger partial charge is 0.349 e. The lowest BCUT2D eigenvalue weighted by Gasteiger charge is -2.04. The molecule has 0 radical (unpaired) electrons. The van der Waals surface area contributed by atoms with Crippen LogP contribution in [0, 0.1) is 0 Å². The molecule has 4 rings (SSSR count). The number of esters is 1. The topological polar surface area (TPSA) is 95.4 Å². The molecule has 0 N–H and O–H groups in total. The fourth-order valence-electron chi connectivity index (χ4n) is 2.55. The minimum atomic E-state index is -0.687. The van der Waals surface area contributed by atoms with Crippen LogP contribution in [0.2, 0.25) is 5.02 Å². The average molecular weight is 383 g/mol. The van der Waals surface area contributed by atoms with Crippen LogP contribution in [0.15, 0.2) is 62.3 Å². The van der Waals surface area contributed by atoms with Crippen LogP contribution in [-0.4, -0.2) is 16.1 Å². The summed E-state index contributed by atoms with van der Waals surface area (Å²) in [5.74, 6) is -0.0157. The van der Waals surface area contributed by atoms with Crippen molar-refractivity contribution in [3.05, 3.63) is 64.0 Å². The van der Waals surface area contributed by atoms with Gasteiger partial charge in [-0.1, -0.05) is 28.9 Å². The van der Waals surface area contributed by atoms with E-state index in [0.717, 1.165) is 0 Å². The van der Waals surface area contributed by atoms with Gasteiger partial charge in [0.2, 0.25) is 5.82 Å². The molecular weight excluding hydrogens is 372 g/mol. The molecule has 0 fully saturated rings. The summed E-state index contributed by atoms with van der Waals surface area (Å²) in [4.78, 5) is 27.9. The second kappa shape index (κ2) is 6.69. The first-order valence-corrected chi connectivity index (χ1v) is 8.24. The van der Waals surface area contributed by atoms with Gasteiger partial charge >= 0.3 is 11.6 Å². The van der Waals surface area contributed by atoms with Crippen LogP contribution < -0.4 is 10.4 Å². The van der Waals surface area contributed by atoms with Crippen LogP contribution in [0.3, 0.4) is 0 Å². The summed E-state index contributed by atoms with van der Waals surface area (Å²) in [6.45, 7) is 1.27. The van der Waals surface area contributed by atoms with Gasteiger partial charge in [0.15, 0.2) is 11.3 Å². The van der Waals surface area contributed by atoms with E-state index in [-0.39, 0.29) is 22.8 Å². The molecule has 0 aliphatic carbocycles. The minimum absolute atomic E-state index is 0.0217. The van der Waals surface area contributed by atoms with Crippen molar-refractivity contribution in [1.82, 2.24) is 10.1 Å². The second-order valence-corrected chi connectivity index (χ2v) is 6.08. The molecule has 0 saturated heterocycles. The van der Waals surface area contributed by atoms with Crippen molar-refractivity contribution >= 4 is 28.5 Å². The van der Waals surface area contributed by atoms with E-state index < -0.39 is 11.6 Å². The Balaban J connectivity index is 1.78. The van der Waals surface area contributed by atoms with E-state index in [2.05, 4.69) is 10.1 Å². The largest absolute Gasteiger partial charge is 0.423 e. The number of rotatable bonds is 3. The number of nitrogens with zero attached hydrogens (tertiary/aromatic N) is 2. The zero-order valence-electron chi connectivity index (χ0n) is 13.9. The molecule has 0 saturated carbocycles. The third-order valence-electron chi connectivity index (χ3n) is 3.74. The lowest BCUT2D eigenvalue weighted by molar-refractivity contribution is -0.131. The van der Waals surface area contributed by atoms with Gasteiger partial charge in [0.25, 0.3) is 5.89 Å². The summed E-state index contributed by atoms with van der Waals surface area (Å²) < 4.78 is 15.6. The Morgan fingerprint density at radius 1 is 1.15 bits per heavy atom. The molecular formula is C19H11ClN2O5. The molecule has 0 amide bonds. The highest BCUT2D eigenvalue weighted by molar-refractivity contribution is 6.30. The Morgan fingerprint density at radius 2 is 1.93 bits per heavy atom. The van der Waals surface area contributed by atoms with E-state index in [1.165, 1.54) is 13.0 Å². The van der Waals surface area contributed by atoms with E-state index in [9.17, 15) is 9.59 Å². The summed E-state index contributed by atoms with van der Waals surface area (Å²) in [5.41, 5.74) is 0.277. The normalized spacial score (nSPS) is 10.9. The summed E-state index contributed by atoms with van der Waals surface area (Å²) in [6, 6.07) is 13.4. The molecule has 0 aliphatic rings. The van der Waals surface area contributed by atoms with Gasteiger partial charge in [0.05, 0.1) is 0 Å². The Kier molecular flexibility index (Phi) is 4.21. The third-order valence-corrected chi connectivity index (χ3v) is 3.99. The van der Waals surface area contributed by atoms with Crippen molar-refractivity contribution in [3.63, 3.8) is 0 Å². The summed E-state index contributed by atoms with van der Waals surface area (Å²) in [5, 5.41) is 5.03. The quantitative estimate of drug-likeness (QED) is 0.299. The van der Waals surface area contributed by atoms with Crippen LogP contribution in [0.4, 0.5) is 0 Å². The maximum absolute atomic E-state index is 12.4. The van der Waals surface area contributed by atoms with Crippen LogP contribution in [0.1, 0.15) is 6.92 Å². The molecule has 4 aromatic rings. The zero-order chi connectivity index (χ0) is 19.0. The van der Waals surface area contributed by atoms with Crippen molar-refractivity contribution < 1.29 is 18.5 Å². The SMILES string of the molecule is CC(=O)Oc1cccc2cc(-c3nc(-c4ccc(Cl)cc4)no3)c(=O)oc12. The monoisotopic (exact) mass is 382 g/mol. The number of hydrogen-bond acceptors (Lipinski definition) is 7. The third kappa shape index (κ3) is 3.32. The van der Waals surface area contributed by atoms with E-state index >= 15 is 0 Å². The lowest BCUT2D eigenvalue weighted by atomic mass is 10.1. The molecule has 8 heteroatoms. The molecule has 0 atom stereocenters. The van der Waals surface area contributed by atoms with Gasteiger partial charge in [-0.25, -0.2) is 4.79 Å². The predicted octanol–water partition coefficient (Wildman–Crippen LogP) is 4.09. The first-order chi connectivity index (χ1) is 13.0. The Hall–Kier alpha value is -3.45. The first-order valence-electron chi connectivity index (χ1n) is 7.86. The number of benzene rings is 2. The highest BCUT2D eigenvalue weighted by atomic mass is 35.5. The summed E-state index contributed by atoms with van der Waals surface area (Å²) >= 11 is 5.87. The van der Waals surface area contributed by atoms with Crippen molar-refractivity contribution in [2.45, 2.75) is 6.92 Å². The molecule has 0 spiro atoms. The van der Waals surface area contributed by atoms with E-state index in [0.29, 0.717) is 21.8 Å². The second-order valence-electron chi connectivity index (χ2n) is 5.65. The number of hydrogen-bond donors (Lipinski definition) is 0. The molecule has 0 unspecified atom stereocenters. The van der Waals surface area contributed by atoms with E-state index in [1.807, 2.05) is 0 Å². The standard InChI is InChI=1S/C19H11ClN2O5/c1-10(23)25-15-4-2-3-12-9-14(19(24)26-16(12)15)18-21-17(22-27-18)11-5-7-13(20)8-6-11/h2-9H,1H3. The van der Waals surface area contributed by atoms with Crippen molar-refractivity contribution in [2.75, 3.05) is 0 Å². The van der Waals surface area contributed by atoms with Gasteiger partial charge in [-0.15, -0.1) is 0 Å². The molecule has 7 nitrogen and oxygen atoms in total. The number of para-hydroxylation sites is 1. The van der Waals surface area contributed by atoms with Gasteiger partial charge in [-0.05, 0) is 36.4 Å². The van der Waals surface area contributed by atoms with Crippen LogP contribution in [-0.2, 0) is 4.79 Å². The van der Waals surface area contributed by atoms with Gasteiger partial charge < -0.3 is 13.7 Å². The first kappa shape index (κ1) is 17.0. The molecule has 134 valence electrons. The Labute approximate surface area is 157 Å². The number of fused-ring (bicyclic) bond motifs is 1. The number of carbonyl (C=O) groups is 1. The number of ether oxygens (including phenoxy) is 1. The highest BCUT2D eigenvalue weighted by Crippen LogP contribution is 2.28. The molecule has 0 bridgehead atoms. The maximum Gasteiger partial charge on any atom is 0.349 e. The maximum atomic E-state index is 12.4. The van der Waals surface area contributed by atoms with Gasteiger partial charge in [-0.3, -0.25) is 4.79 Å². The van der Waals surface area contributed by atoms with Crippen LogP contribution in [0.25, 0.3) is 33.8 Å². The molecule has 2 heterocycles. The fourth-order valence-corrected chi connectivity index (χ4v) is 2.68. The fraction of sp³-hybridized carbons (Fsp3) is 0.0526. The number of aromatic nitrogens is 2. The number of halogens is 1. The van der Waals surface area contributed by atoms with E-state index in [1.54, 1.807) is 42.5 Å². The molecule has 2 aromatic carbocycles. The Morgan fingerprint density at radius 3 is 2.67 bits per heavy atom.